The Morgan fingerprint density at radius 2 is 2.00 bits per heavy atom. The van der Waals surface area contributed by atoms with Crippen molar-refractivity contribution < 1.29 is 9.18 Å². The highest BCUT2D eigenvalue weighted by Crippen LogP contribution is 2.22. The van der Waals surface area contributed by atoms with Gasteiger partial charge in [-0.3, -0.25) is 4.79 Å². The number of ketones is 1. The highest BCUT2D eigenvalue weighted by molar-refractivity contribution is 6.37. The third-order valence-electron chi connectivity index (χ3n) is 2.46. The third kappa shape index (κ3) is 2.52. The zero-order valence-corrected chi connectivity index (χ0v) is 10.9. The number of pyridine rings is 1. The van der Waals surface area contributed by atoms with Crippen molar-refractivity contribution in [2.75, 3.05) is 0 Å². The van der Waals surface area contributed by atoms with E-state index in [0.29, 0.717) is 16.1 Å². The second-order valence-corrected chi connectivity index (χ2v) is 4.62. The summed E-state index contributed by atoms with van der Waals surface area (Å²) >= 11 is 11.6. The Balaban J connectivity index is 2.48. The first-order chi connectivity index (χ1) is 8.49. The Kier molecular flexibility index (Phi) is 3.64. The van der Waals surface area contributed by atoms with Crippen LogP contribution in [0, 0.1) is 12.7 Å². The summed E-state index contributed by atoms with van der Waals surface area (Å²) < 4.78 is 13.0. The van der Waals surface area contributed by atoms with Gasteiger partial charge in [0.05, 0.1) is 10.0 Å². The number of aryl methyl sites for hydroxylation is 1. The summed E-state index contributed by atoms with van der Waals surface area (Å²) in [6.45, 7) is 1.65. The van der Waals surface area contributed by atoms with E-state index in [-0.39, 0.29) is 22.3 Å². The summed E-state index contributed by atoms with van der Waals surface area (Å²) in [7, 11) is 0. The predicted octanol–water partition coefficient (Wildman–Crippen LogP) is 4.07. The van der Waals surface area contributed by atoms with E-state index >= 15 is 0 Å². The summed E-state index contributed by atoms with van der Waals surface area (Å²) in [5, 5.41) is 0.531. The van der Waals surface area contributed by atoms with Crippen LogP contribution in [0.5, 0.6) is 0 Å². The summed E-state index contributed by atoms with van der Waals surface area (Å²) in [4.78, 5) is 16.1. The zero-order valence-electron chi connectivity index (χ0n) is 9.38. The average Bonchev–Trinajstić information content (AvgIpc) is 2.28. The molecule has 5 heteroatoms. The van der Waals surface area contributed by atoms with Gasteiger partial charge in [0.2, 0.25) is 5.78 Å². The molecular weight excluding hydrogens is 276 g/mol. The molecule has 0 unspecified atom stereocenters. The normalized spacial score (nSPS) is 10.4. The fraction of sp³-hybridized carbons (Fsp3) is 0.0769. The lowest BCUT2D eigenvalue weighted by atomic mass is 10.0. The molecular formula is C13H8Cl2FNO. The van der Waals surface area contributed by atoms with Crippen molar-refractivity contribution in [1.29, 1.82) is 0 Å². The van der Waals surface area contributed by atoms with Crippen LogP contribution in [-0.4, -0.2) is 10.8 Å². The summed E-state index contributed by atoms with van der Waals surface area (Å²) in [6, 6.07) is 5.38. The molecule has 1 aromatic carbocycles. The molecule has 0 amide bonds. The number of aromatic nitrogens is 1. The van der Waals surface area contributed by atoms with Gasteiger partial charge in [-0.1, -0.05) is 23.2 Å². The van der Waals surface area contributed by atoms with Gasteiger partial charge < -0.3 is 0 Å². The Hall–Kier alpha value is -1.45. The SMILES string of the molecule is Cc1cc(F)ccc1C(=O)c1ncc(Cl)cc1Cl. The largest absolute Gasteiger partial charge is 0.287 e. The molecule has 0 bridgehead atoms. The Bertz CT molecular complexity index is 575. The molecule has 92 valence electrons. The Morgan fingerprint density at radius 3 is 2.61 bits per heavy atom. The number of halogens is 3. The summed E-state index contributed by atoms with van der Waals surface area (Å²) in [5.74, 6) is -0.742. The van der Waals surface area contributed by atoms with Crippen LogP contribution in [0.25, 0.3) is 0 Å². The fourth-order valence-electron chi connectivity index (χ4n) is 1.59. The lowest BCUT2D eigenvalue weighted by Gasteiger charge is -2.06. The van der Waals surface area contributed by atoms with Crippen molar-refractivity contribution in [3.63, 3.8) is 0 Å². The smallest absolute Gasteiger partial charge is 0.213 e. The highest BCUT2D eigenvalue weighted by Gasteiger charge is 2.17. The van der Waals surface area contributed by atoms with Gasteiger partial charge in [-0.2, -0.15) is 0 Å². The van der Waals surface area contributed by atoms with Crippen LogP contribution < -0.4 is 0 Å². The molecule has 0 aliphatic rings. The predicted molar refractivity (Wildman–Crippen MR) is 68.8 cm³/mol. The minimum absolute atomic E-state index is 0.107. The van der Waals surface area contributed by atoms with Gasteiger partial charge in [-0.05, 0) is 36.8 Å². The quantitative estimate of drug-likeness (QED) is 0.778. The first-order valence-corrected chi connectivity index (χ1v) is 5.86. The number of carbonyl (C=O) groups is 1. The number of benzene rings is 1. The fourth-order valence-corrected chi connectivity index (χ4v) is 2.06. The molecule has 0 radical (unpaired) electrons. The van der Waals surface area contributed by atoms with E-state index in [2.05, 4.69) is 4.98 Å². The molecule has 2 aromatic rings. The zero-order chi connectivity index (χ0) is 13.3. The van der Waals surface area contributed by atoms with Crippen LogP contribution >= 0.6 is 23.2 Å². The topological polar surface area (TPSA) is 30.0 Å². The van der Waals surface area contributed by atoms with Gasteiger partial charge in [0, 0.05) is 11.8 Å². The molecule has 2 rings (SSSR count). The molecule has 0 fully saturated rings. The van der Waals surface area contributed by atoms with Gasteiger partial charge in [0.25, 0.3) is 0 Å². The monoisotopic (exact) mass is 283 g/mol. The first-order valence-electron chi connectivity index (χ1n) is 5.11. The van der Waals surface area contributed by atoms with E-state index in [1.54, 1.807) is 6.92 Å². The molecule has 2 nitrogen and oxygen atoms in total. The van der Waals surface area contributed by atoms with Crippen molar-refractivity contribution in [3.8, 4) is 0 Å². The maximum absolute atomic E-state index is 13.0. The van der Waals surface area contributed by atoms with Crippen molar-refractivity contribution in [2.24, 2.45) is 0 Å². The van der Waals surface area contributed by atoms with Crippen LogP contribution in [-0.2, 0) is 0 Å². The van der Waals surface area contributed by atoms with Crippen LogP contribution in [0.3, 0.4) is 0 Å². The number of rotatable bonds is 2. The molecule has 0 spiro atoms. The third-order valence-corrected chi connectivity index (χ3v) is 2.95. The van der Waals surface area contributed by atoms with E-state index in [4.69, 9.17) is 23.2 Å². The molecule has 0 aliphatic carbocycles. The average molecular weight is 284 g/mol. The lowest BCUT2D eigenvalue weighted by Crippen LogP contribution is -2.07. The Morgan fingerprint density at radius 1 is 1.28 bits per heavy atom. The van der Waals surface area contributed by atoms with E-state index in [1.807, 2.05) is 0 Å². The van der Waals surface area contributed by atoms with Crippen LogP contribution in [0.4, 0.5) is 4.39 Å². The Labute approximate surface area is 113 Å². The number of nitrogens with zero attached hydrogens (tertiary/aromatic N) is 1. The summed E-state index contributed by atoms with van der Waals surface area (Å²) in [5.41, 5.74) is 1.01. The lowest BCUT2D eigenvalue weighted by molar-refractivity contribution is 0.103. The van der Waals surface area contributed by atoms with Gasteiger partial charge in [-0.15, -0.1) is 0 Å². The van der Waals surface area contributed by atoms with Crippen LogP contribution in [0.15, 0.2) is 30.5 Å². The van der Waals surface area contributed by atoms with E-state index in [9.17, 15) is 9.18 Å². The van der Waals surface area contributed by atoms with Crippen molar-refractivity contribution >= 4 is 29.0 Å². The molecule has 1 heterocycles. The highest BCUT2D eigenvalue weighted by atomic mass is 35.5. The minimum Gasteiger partial charge on any atom is -0.287 e. The number of hydrogen-bond acceptors (Lipinski definition) is 2. The van der Waals surface area contributed by atoms with Crippen LogP contribution in [0.2, 0.25) is 10.0 Å². The second-order valence-electron chi connectivity index (χ2n) is 3.77. The first kappa shape index (κ1) is 13.0. The summed E-state index contributed by atoms with van der Waals surface area (Å²) in [6.07, 6.45) is 1.35. The van der Waals surface area contributed by atoms with Crippen molar-refractivity contribution in [3.05, 3.63) is 63.1 Å². The van der Waals surface area contributed by atoms with Crippen molar-refractivity contribution in [1.82, 2.24) is 4.98 Å². The van der Waals surface area contributed by atoms with E-state index < -0.39 is 0 Å². The standard InChI is InChI=1S/C13H8Cl2FNO/c1-7-4-9(16)2-3-10(7)13(18)12-11(15)5-8(14)6-17-12/h2-6H,1H3. The number of hydrogen-bond donors (Lipinski definition) is 0. The molecule has 0 saturated carbocycles. The van der Waals surface area contributed by atoms with Gasteiger partial charge >= 0.3 is 0 Å². The van der Waals surface area contributed by atoms with Crippen LogP contribution in [0.1, 0.15) is 21.6 Å². The molecule has 18 heavy (non-hydrogen) atoms. The van der Waals surface area contributed by atoms with Gasteiger partial charge in [0.1, 0.15) is 11.5 Å². The molecule has 0 aliphatic heterocycles. The van der Waals surface area contributed by atoms with E-state index in [0.717, 1.165) is 0 Å². The second kappa shape index (κ2) is 5.04. The van der Waals surface area contributed by atoms with Gasteiger partial charge in [0.15, 0.2) is 0 Å². The van der Waals surface area contributed by atoms with Gasteiger partial charge in [-0.25, -0.2) is 9.37 Å². The van der Waals surface area contributed by atoms with E-state index in [1.165, 1.54) is 30.5 Å². The molecule has 0 saturated heterocycles. The molecule has 0 atom stereocenters. The maximum Gasteiger partial charge on any atom is 0.213 e. The van der Waals surface area contributed by atoms with Crippen molar-refractivity contribution in [2.45, 2.75) is 6.92 Å². The number of carbonyl (C=O) groups excluding carboxylic acids is 1. The molecule has 1 aromatic heterocycles. The maximum atomic E-state index is 13.0. The minimum atomic E-state index is -0.390. The molecule has 0 N–H and O–H groups in total.